The average Bonchev–Trinajstić information content (AvgIpc) is 2.57. The van der Waals surface area contributed by atoms with Gasteiger partial charge in [0, 0.05) is 34.0 Å². The Bertz CT molecular complexity index is 976. The third-order valence-electron chi connectivity index (χ3n) is 5.35. The van der Waals surface area contributed by atoms with Crippen LogP contribution in [0.2, 0.25) is 10.0 Å². The molecule has 0 unspecified atom stereocenters. The molecule has 3 rings (SSSR count). The minimum absolute atomic E-state index is 0.0146. The van der Waals surface area contributed by atoms with Crippen molar-refractivity contribution in [3.63, 3.8) is 0 Å². The Morgan fingerprint density at radius 2 is 1.90 bits per heavy atom. The lowest BCUT2D eigenvalue weighted by atomic mass is 9.68. The van der Waals surface area contributed by atoms with Gasteiger partial charge in [0.25, 0.3) is 0 Å². The van der Waals surface area contributed by atoms with Crippen molar-refractivity contribution in [1.29, 1.82) is 0 Å². The number of halogens is 2. The summed E-state index contributed by atoms with van der Waals surface area (Å²) >= 11 is 12.7. The van der Waals surface area contributed by atoms with E-state index in [1.807, 2.05) is 6.92 Å². The van der Waals surface area contributed by atoms with E-state index in [0.717, 1.165) is 5.70 Å². The second-order valence-electron chi connectivity index (χ2n) is 8.89. The number of hydrogen-bond donors (Lipinski definition) is 1. The lowest BCUT2D eigenvalue weighted by Gasteiger charge is -2.39. The van der Waals surface area contributed by atoms with Crippen molar-refractivity contribution < 1.29 is 19.1 Å². The Morgan fingerprint density at radius 1 is 1.23 bits per heavy atom. The van der Waals surface area contributed by atoms with Crippen molar-refractivity contribution in [2.45, 2.75) is 59.5 Å². The number of carbonyl (C=O) groups excluding carboxylic acids is 2. The molecule has 0 saturated heterocycles. The molecule has 0 amide bonds. The first-order chi connectivity index (χ1) is 13.9. The summed E-state index contributed by atoms with van der Waals surface area (Å²) in [7, 11) is 1.50. The smallest absolute Gasteiger partial charge is 0.337 e. The van der Waals surface area contributed by atoms with Crippen LogP contribution in [0.15, 0.2) is 34.7 Å². The molecule has 0 bridgehead atoms. The van der Waals surface area contributed by atoms with Gasteiger partial charge in [0.15, 0.2) is 5.78 Å². The van der Waals surface area contributed by atoms with Gasteiger partial charge in [-0.3, -0.25) is 4.79 Å². The molecular formula is C23H27Cl2NO4. The van der Waals surface area contributed by atoms with Gasteiger partial charge >= 0.3 is 5.97 Å². The third-order valence-corrected chi connectivity index (χ3v) is 5.85. The zero-order valence-corrected chi connectivity index (χ0v) is 19.6. The average molecular weight is 452 g/mol. The number of ether oxygens (including phenoxy) is 2. The molecule has 1 atom stereocenters. The Hall–Kier alpha value is -1.98. The molecule has 0 radical (unpaired) electrons. The second-order valence-corrected chi connectivity index (χ2v) is 9.74. The summed E-state index contributed by atoms with van der Waals surface area (Å²) in [6, 6.07) is 3.28. The Kier molecular flexibility index (Phi) is 6.26. The number of hydrogen-bond acceptors (Lipinski definition) is 5. The van der Waals surface area contributed by atoms with E-state index in [2.05, 4.69) is 19.2 Å². The number of carbonyl (C=O) groups is 2. The standard InChI is InChI=1S/C23H27Cl2NO4/c1-11(2)30-22(28)18-12(3)26-16-9-23(4,5)10-17(27)20(16)19(18)14-7-13(24)8-15(25)21(14)29-6/h7-8,11,19,26H,9-10H2,1-6H3/t19-/m0/s1. The van der Waals surface area contributed by atoms with Gasteiger partial charge in [-0.05, 0) is 44.7 Å². The molecule has 1 N–H and O–H groups in total. The summed E-state index contributed by atoms with van der Waals surface area (Å²) in [6.07, 6.45) is 0.761. The second kappa shape index (κ2) is 8.27. The number of esters is 1. The number of rotatable bonds is 4. The summed E-state index contributed by atoms with van der Waals surface area (Å²) < 4.78 is 11.1. The van der Waals surface area contributed by atoms with Gasteiger partial charge in [-0.25, -0.2) is 4.79 Å². The van der Waals surface area contributed by atoms with Gasteiger partial charge in [-0.2, -0.15) is 0 Å². The fraction of sp³-hybridized carbons (Fsp3) is 0.478. The van der Waals surface area contributed by atoms with Gasteiger partial charge in [0.1, 0.15) is 5.75 Å². The minimum atomic E-state index is -0.678. The number of nitrogens with one attached hydrogen (secondary N) is 1. The molecule has 1 aromatic carbocycles. The van der Waals surface area contributed by atoms with Crippen LogP contribution in [-0.2, 0) is 14.3 Å². The summed E-state index contributed by atoms with van der Waals surface area (Å²) in [5.41, 5.74) is 2.78. The van der Waals surface area contributed by atoms with Gasteiger partial charge < -0.3 is 14.8 Å². The van der Waals surface area contributed by atoms with Crippen LogP contribution in [-0.4, -0.2) is 25.0 Å². The maximum absolute atomic E-state index is 13.3. The Balaban J connectivity index is 2.29. The van der Waals surface area contributed by atoms with Crippen LogP contribution in [0.5, 0.6) is 5.75 Å². The third kappa shape index (κ3) is 4.23. The number of ketones is 1. The molecular weight excluding hydrogens is 425 g/mol. The molecule has 0 saturated carbocycles. The summed E-state index contributed by atoms with van der Waals surface area (Å²) in [4.78, 5) is 26.4. The highest BCUT2D eigenvalue weighted by molar-refractivity contribution is 6.35. The Labute approximate surface area is 187 Å². The number of benzene rings is 1. The van der Waals surface area contributed by atoms with E-state index in [-0.39, 0.29) is 17.3 Å². The zero-order valence-electron chi connectivity index (χ0n) is 18.1. The van der Waals surface area contributed by atoms with E-state index < -0.39 is 11.9 Å². The minimum Gasteiger partial charge on any atom is -0.495 e. The first-order valence-electron chi connectivity index (χ1n) is 9.93. The largest absolute Gasteiger partial charge is 0.495 e. The fourth-order valence-electron chi connectivity index (χ4n) is 4.31. The molecule has 0 spiro atoms. The maximum atomic E-state index is 13.3. The molecule has 0 aromatic heterocycles. The molecule has 1 aliphatic carbocycles. The lowest BCUT2D eigenvalue weighted by Crippen LogP contribution is -2.39. The lowest BCUT2D eigenvalue weighted by molar-refractivity contribution is -0.143. The predicted octanol–water partition coefficient (Wildman–Crippen LogP) is 5.56. The van der Waals surface area contributed by atoms with E-state index in [1.165, 1.54) is 7.11 Å². The molecule has 30 heavy (non-hydrogen) atoms. The molecule has 1 heterocycles. The van der Waals surface area contributed by atoms with Gasteiger partial charge in [0.2, 0.25) is 0 Å². The topological polar surface area (TPSA) is 64.6 Å². The number of methoxy groups -OCH3 is 1. The van der Waals surface area contributed by atoms with E-state index in [0.29, 0.717) is 51.0 Å². The summed E-state index contributed by atoms with van der Waals surface area (Å²) in [5, 5.41) is 4.02. The van der Waals surface area contributed by atoms with Gasteiger partial charge in [-0.15, -0.1) is 0 Å². The first kappa shape index (κ1) is 22.7. The fourth-order valence-corrected chi connectivity index (χ4v) is 4.89. The summed E-state index contributed by atoms with van der Waals surface area (Å²) in [6.45, 7) is 9.51. The van der Waals surface area contributed by atoms with Crippen LogP contribution in [0.1, 0.15) is 58.9 Å². The number of Topliss-reactive ketones (excluding diaryl/α,β-unsaturated/α-hetero) is 1. The van der Waals surface area contributed by atoms with Crippen molar-refractivity contribution in [2.24, 2.45) is 5.41 Å². The first-order valence-corrected chi connectivity index (χ1v) is 10.7. The maximum Gasteiger partial charge on any atom is 0.337 e. The molecule has 1 aliphatic heterocycles. The predicted molar refractivity (Wildman–Crippen MR) is 118 cm³/mol. The van der Waals surface area contributed by atoms with Gasteiger partial charge in [-0.1, -0.05) is 37.0 Å². The number of dihydropyridines is 1. The molecule has 162 valence electrons. The van der Waals surface area contributed by atoms with Crippen molar-refractivity contribution >= 4 is 35.0 Å². The highest BCUT2D eigenvalue weighted by atomic mass is 35.5. The normalized spacial score (nSPS) is 20.8. The van der Waals surface area contributed by atoms with Crippen LogP contribution in [0, 0.1) is 5.41 Å². The van der Waals surface area contributed by atoms with Crippen molar-refractivity contribution in [2.75, 3.05) is 7.11 Å². The van der Waals surface area contributed by atoms with Crippen molar-refractivity contribution in [3.8, 4) is 5.75 Å². The SMILES string of the molecule is COc1c(Cl)cc(Cl)cc1[C@H]1C(C(=O)OC(C)C)=C(C)NC2=C1C(=O)CC(C)(C)C2. The van der Waals surface area contributed by atoms with Gasteiger partial charge in [0.05, 0.1) is 29.7 Å². The molecule has 5 nitrogen and oxygen atoms in total. The quantitative estimate of drug-likeness (QED) is 0.607. The molecule has 0 fully saturated rings. The van der Waals surface area contributed by atoms with E-state index >= 15 is 0 Å². The van der Waals surface area contributed by atoms with Crippen LogP contribution < -0.4 is 10.1 Å². The van der Waals surface area contributed by atoms with E-state index in [9.17, 15) is 9.59 Å². The highest BCUT2D eigenvalue weighted by Crippen LogP contribution is 2.50. The molecule has 2 aliphatic rings. The number of allylic oxidation sites excluding steroid dienone is 3. The van der Waals surface area contributed by atoms with Crippen LogP contribution in [0.25, 0.3) is 0 Å². The van der Waals surface area contributed by atoms with Crippen molar-refractivity contribution in [1.82, 2.24) is 5.32 Å². The monoisotopic (exact) mass is 451 g/mol. The van der Waals surface area contributed by atoms with Crippen molar-refractivity contribution in [3.05, 3.63) is 50.3 Å². The van der Waals surface area contributed by atoms with Crippen LogP contribution >= 0.6 is 23.2 Å². The van der Waals surface area contributed by atoms with E-state index in [4.69, 9.17) is 32.7 Å². The van der Waals surface area contributed by atoms with Crippen LogP contribution in [0.4, 0.5) is 0 Å². The molecule has 7 heteroatoms. The Morgan fingerprint density at radius 3 is 2.50 bits per heavy atom. The van der Waals surface area contributed by atoms with E-state index in [1.54, 1.807) is 26.0 Å². The summed E-state index contributed by atoms with van der Waals surface area (Å²) in [5.74, 6) is -0.788. The zero-order chi connectivity index (χ0) is 22.4. The highest BCUT2D eigenvalue weighted by Gasteiger charge is 2.44. The van der Waals surface area contributed by atoms with Crippen LogP contribution in [0.3, 0.4) is 0 Å². The molecule has 1 aromatic rings.